The van der Waals surface area contributed by atoms with Crippen LogP contribution < -0.4 is 4.90 Å². The Kier molecular flexibility index (Phi) is 2.19. The Hall–Kier alpha value is -0.980. The molecule has 0 aromatic heterocycles. The van der Waals surface area contributed by atoms with E-state index in [1.54, 1.807) is 5.56 Å². The van der Waals surface area contributed by atoms with Crippen LogP contribution in [0.4, 0.5) is 5.69 Å². The van der Waals surface area contributed by atoms with Crippen molar-refractivity contribution in [2.45, 2.75) is 51.1 Å². The number of rotatable bonds is 1. The highest BCUT2D eigenvalue weighted by molar-refractivity contribution is 5.58. The molecule has 80 valence electrons. The minimum absolute atomic E-state index is 0.802. The molecule has 0 aliphatic carbocycles. The lowest BCUT2D eigenvalue weighted by Crippen LogP contribution is -2.39. The molecule has 15 heavy (non-hydrogen) atoms. The van der Waals surface area contributed by atoms with E-state index in [0.717, 1.165) is 12.1 Å². The van der Waals surface area contributed by atoms with Crippen LogP contribution in [0.5, 0.6) is 0 Å². The maximum absolute atomic E-state index is 2.71. The van der Waals surface area contributed by atoms with Crippen molar-refractivity contribution in [3.63, 3.8) is 0 Å². The topological polar surface area (TPSA) is 3.24 Å². The Bertz CT molecular complexity index is 358. The Balaban J connectivity index is 2.02. The van der Waals surface area contributed by atoms with Gasteiger partial charge in [-0.3, -0.25) is 0 Å². The zero-order valence-electron chi connectivity index (χ0n) is 9.45. The largest absolute Gasteiger partial charge is 0.365 e. The van der Waals surface area contributed by atoms with Crippen molar-refractivity contribution in [3.8, 4) is 0 Å². The summed E-state index contributed by atoms with van der Waals surface area (Å²) < 4.78 is 0. The summed E-state index contributed by atoms with van der Waals surface area (Å²) in [5.41, 5.74) is 3.09. The molecule has 1 saturated heterocycles. The molecule has 2 aliphatic heterocycles. The Labute approximate surface area is 92.1 Å². The molecule has 1 aromatic rings. The maximum Gasteiger partial charge on any atom is 0.0403 e. The molecular formula is C14H19N. The van der Waals surface area contributed by atoms with Gasteiger partial charge in [0.2, 0.25) is 0 Å². The van der Waals surface area contributed by atoms with Crippen molar-refractivity contribution in [3.05, 3.63) is 29.8 Å². The number of aryl methyl sites for hydroxylation is 1. The van der Waals surface area contributed by atoms with E-state index in [2.05, 4.69) is 36.1 Å². The number of nitrogens with zero attached hydrogens (tertiary/aromatic N) is 1. The molecule has 1 aromatic carbocycles. The van der Waals surface area contributed by atoms with Crippen LogP contribution >= 0.6 is 0 Å². The second-order valence-corrected chi connectivity index (χ2v) is 4.87. The fraction of sp³-hybridized carbons (Fsp3) is 0.571. The van der Waals surface area contributed by atoms with E-state index in [1.807, 2.05) is 0 Å². The Morgan fingerprint density at radius 1 is 1.20 bits per heavy atom. The highest BCUT2D eigenvalue weighted by Gasteiger charge is 2.35. The van der Waals surface area contributed by atoms with Crippen LogP contribution in [0.3, 0.4) is 0 Å². The molecule has 2 atom stereocenters. The molecule has 0 spiro atoms. The van der Waals surface area contributed by atoms with E-state index in [1.165, 1.54) is 37.8 Å². The maximum atomic E-state index is 2.71. The highest BCUT2D eigenvalue weighted by Crippen LogP contribution is 2.39. The van der Waals surface area contributed by atoms with Crippen LogP contribution in [0, 0.1) is 0 Å². The minimum Gasteiger partial charge on any atom is -0.365 e. The van der Waals surface area contributed by atoms with Crippen LogP contribution in [0.1, 0.15) is 38.2 Å². The quantitative estimate of drug-likeness (QED) is 0.673. The molecule has 1 fully saturated rings. The molecule has 2 heterocycles. The van der Waals surface area contributed by atoms with Gasteiger partial charge in [-0.2, -0.15) is 0 Å². The predicted octanol–water partition coefficient (Wildman–Crippen LogP) is 3.38. The third-order valence-corrected chi connectivity index (χ3v) is 4.11. The number of benzene rings is 1. The monoisotopic (exact) mass is 201 g/mol. The van der Waals surface area contributed by atoms with Gasteiger partial charge in [0.25, 0.3) is 0 Å². The number of hydrogen-bond acceptors (Lipinski definition) is 1. The standard InChI is InChI=1S/C14H19N/c1-2-12-9-10-13-8-7-11-5-3-4-6-14(11)15(12)13/h3-6,12-13H,2,7-10H2,1H3/t12-,13+/m1/s1. The SMILES string of the molecule is CC[C@@H]1CC[C@@H]2CCc3ccccc3N21. The fourth-order valence-electron chi connectivity index (χ4n) is 3.33. The molecule has 3 rings (SSSR count). The summed E-state index contributed by atoms with van der Waals surface area (Å²) in [6.07, 6.45) is 6.76. The number of hydrogen-bond donors (Lipinski definition) is 0. The smallest absolute Gasteiger partial charge is 0.0403 e. The van der Waals surface area contributed by atoms with Crippen LogP contribution in [-0.2, 0) is 6.42 Å². The summed E-state index contributed by atoms with van der Waals surface area (Å²) in [4.78, 5) is 2.71. The summed E-state index contributed by atoms with van der Waals surface area (Å²) in [7, 11) is 0. The summed E-state index contributed by atoms with van der Waals surface area (Å²) in [6.45, 7) is 2.32. The number of para-hydroxylation sites is 1. The first kappa shape index (κ1) is 9.26. The second kappa shape index (κ2) is 3.55. The molecule has 2 aliphatic rings. The van der Waals surface area contributed by atoms with Gasteiger partial charge in [-0.1, -0.05) is 25.1 Å². The van der Waals surface area contributed by atoms with E-state index < -0.39 is 0 Å². The molecule has 0 bridgehead atoms. The molecule has 1 nitrogen and oxygen atoms in total. The molecule has 0 radical (unpaired) electrons. The predicted molar refractivity (Wildman–Crippen MR) is 64.3 cm³/mol. The lowest BCUT2D eigenvalue weighted by Gasteiger charge is -2.37. The third-order valence-electron chi connectivity index (χ3n) is 4.11. The molecule has 0 unspecified atom stereocenters. The van der Waals surface area contributed by atoms with Gasteiger partial charge in [-0.05, 0) is 43.7 Å². The van der Waals surface area contributed by atoms with Gasteiger partial charge in [0.1, 0.15) is 0 Å². The third kappa shape index (κ3) is 1.37. The van der Waals surface area contributed by atoms with Crippen LogP contribution in [0.25, 0.3) is 0 Å². The van der Waals surface area contributed by atoms with Gasteiger partial charge in [-0.25, -0.2) is 0 Å². The zero-order valence-corrected chi connectivity index (χ0v) is 9.45. The molecule has 0 amide bonds. The lowest BCUT2D eigenvalue weighted by molar-refractivity contribution is 0.554. The van der Waals surface area contributed by atoms with Crippen molar-refractivity contribution >= 4 is 5.69 Å². The normalized spacial score (nSPS) is 28.7. The van der Waals surface area contributed by atoms with E-state index in [0.29, 0.717) is 0 Å². The summed E-state index contributed by atoms with van der Waals surface area (Å²) in [5, 5.41) is 0. The van der Waals surface area contributed by atoms with E-state index in [9.17, 15) is 0 Å². The molecule has 0 saturated carbocycles. The first-order chi connectivity index (χ1) is 7.40. The Morgan fingerprint density at radius 3 is 2.93 bits per heavy atom. The van der Waals surface area contributed by atoms with Crippen molar-refractivity contribution < 1.29 is 0 Å². The minimum atomic E-state index is 0.802. The summed E-state index contributed by atoms with van der Waals surface area (Å²) in [6, 6.07) is 10.6. The van der Waals surface area contributed by atoms with Gasteiger partial charge < -0.3 is 4.90 Å². The second-order valence-electron chi connectivity index (χ2n) is 4.87. The van der Waals surface area contributed by atoms with Crippen molar-refractivity contribution in [1.82, 2.24) is 0 Å². The van der Waals surface area contributed by atoms with Gasteiger partial charge in [0, 0.05) is 17.8 Å². The summed E-state index contributed by atoms with van der Waals surface area (Å²) in [5.74, 6) is 0. The van der Waals surface area contributed by atoms with E-state index in [4.69, 9.17) is 0 Å². The van der Waals surface area contributed by atoms with Crippen LogP contribution in [0.2, 0.25) is 0 Å². The van der Waals surface area contributed by atoms with E-state index >= 15 is 0 Å². The molecule has 0 N–H and O–H groups in total. The van der Waals surface area contributed by atoms with Crippen molar-refractivity contribution in [1.29, 1.82) is 0 Å². The zero-order chi connectivity index (χ0) is 10.3. The van der Waals surface area contributed by atoms with Crippen LogP contribution in [-0.4, -0.2) is 12.1 Å². The first-order valence-electron chi connectivity index (χ1n) is 6.26. The number of anilines is 1. The first-order valence-corrected chi connectivity index (χ1v) is 6.26. The van der Waals surface area contributed by atoms with Gasteiger partial charge in [0.05, 0.1) is 0 Å². The van der Waals surface area contributed by atoms with Gasteiger partial charge >= 0.3 is 0 Å². The van der Waals surface area contributed by atoms with Gasteiger partial charge in [0.15, 0.2) is 0 Å². The average molecular weight is 201 g/mol. The average Bonchev–Trinajstić information content (AvgIpc) is 2.72. The van der Waals surface area contributed by atoms with Gasteiger partial charge in [-0.15, -0.1) is 0 Å². The van der Waals surface area contributed by atoms with E-state index in [-0.39, 0.29) is 0 Å². The lowest BCUT2D eigenvalue weighted by atomic mass is 9.96. The molecular weight excluding hydrogens is 182 g/mol. The number of fused-ring (bicyclic) bond motifs is 3. The summed E-state index contributed by atoms with van der Waals surface area (Å²) >= 11 is 0. The fourth-order valence-corrected chi connectivity index (χ4v) is 3.33. The highest BCUT2D eigenvalue weighted by atomic mass is 15.2. The Morgan fingerprint density at radius 2 is 2.07 bits per heavy atom. The van der Waals surface area contributed by atoms with Crippen molar-refractivity contribution in [2.75, 3.05) is 4.90 Å². The molecule has 1 heteroatoms. The van der Waals surface area contributed by atoms with Crippen LogP contribution in [0.15, 0.2) is 24.3 Å². The van der Waals surface area contributed by atoms with Crippen molar-refractivity contribution in [2.24, 2.45) is 0 Å².